The summed E-state index contributed by atoms with van der Waals surface area (Å²) in [6.07, 6.45) is 3.56. The third kappa shape index (κ3) is 4.15. The third-order valence-electron chi connectivity index (χ3n) is 4.16. The molecular weight excluding hydrogens is 336 g/mol. The number of nitrogens with two attached hydrogens (primary N) is 1. The minimum absolute atomic E-state index is 0.0312. The molecule has 2 heterocycles. The van der Waals surface area contributed by atoms with Crippen LogP contribution in [0.2, 0.25) is 0 Å². The summed E-state index contributed by atoms with van der Waals surface area (Å²) in [5.74, 6) is -0.424. The molecule has 0 bridgehead atoms. The average molecular weight is 356 g/mol. The van der Waals surface area contributed by atoms with Crippen LogP contribution in [0.1, 0.15) is 20.9 Å². The molecule has 0 aliphatic carbocycles. The van der Waals surface area contributed by atoms with Crippen molar-refractivity contribution in [2.75, 3.05) is 7.11 Å². The highest BCUT2D eigenvalue weighted by Gasteiger charge is 2.27. The van der Waals surface area contributed by atoms with Crippen LogP contribution in [0.5, 0.6) is 0 Å². The van der Waals surface area contributed by atoms with E-state index >= 15 is 0 Å². The second kappa shape index (κ2) is 7.63. The Morgan fingerprint density at radius 1 is 1.24 bits per heavy atom. The van der Waals surface area contributed by atoms with Gasteiger partial charge in [0.25, 0.3) is 0 Å². The Balaban J connectivity index is 1.58. The van der Waals surface area contributed by atoms with Crippen LogP contribution in [0.4, 0.5) is 0 Å². The first-order valence-electron chi connectivity index (χ1n) is 8.02. The number of carbonyl (C=O) groups excluding carboxylic acids is 2. The van der Waals surface area contributed by atoms with E-state index in [1.807, 2.05) is 36.4 Å². The minimum atomic E-state index is -0.564. The Bertz CT molecular complexity index is 788. The molecule has 2 N–H and O–H groups in total. The summed E-state index contributed by atoms with van der Waals surface area (Å²) in [6.45, 7) is 1.25. The van der Waals surface area contributed by atoms with Crippen LogP contribution < -0.4 is 5.73 Å². The van der Waals surface area contributed by atoms with Gasteiger partial charge in [-0.25, -0.2) is 4.79 Å². The lowest BCUT2D eigenvalue weighted by Crippen LogP contribution is -2.42. The van der Waals surface area contributed by atoms with Crippen LogP contribution in [0.25, 0.3) is 6.08 Å². The zero-order valence-corrected chi connectivity index (χ0v) is 14.8. The molecule has 25 heavy (non-hydrogen) atoms. The highest BCUT2D eigenvalue weighted by molar-refractivity contribution is 7.12. The van der Waals surface area contributed by atoms with Gasteiger partial charge in [-0.05, 0) is 29.3 Å². The van der Waals surface area contributed by atoms with E-state index < -0.39 is 12.0 Å². The number of rotatable bonds is 5. The van der Waals surface area contributed by atoms with Crippen LogP contribution in [0.3, 0.4) is 0 Å². The van der Waals surface area contributed by atoms with Gasteiger partial charge in [-0.2, -0.15) is 0 Å². The van der Waals surface area contributed by atoms with Crippen LogP contribution >= 0.6 is 11.3 Å². The summed E-state index contributed by atoms with van der Waals surface area (Å²) in [5, 5.41) is 0. The van der Waals surface area contributed by atoms with Gasteiger partial charge in [-0.1, -0.05) is 24.3 Å². The number of benzene rings is 1. The number of carbonyl (C=O) groups is 2. The van der Waals surface area contributed by atoms with E-state index in [-0.39, 0.29) is 5.91 Å². The monoisotopic (exact) mass is 356 g/mol. The number of ether oxygens (including phenoxy) is 1. The Morgan fingerprint density at radius 2 is 1.92 bits per heavy atom. The number of amides is 1. The lowest BCUT2D eigenvalue weighted by molar-refractivity contribution is -0.135. The molecule has 0 saturated carbocycles. The molecule has 6 heteroatoms. The standard InChI is InChI=1S/C19H20N2O3S/c1-24-18(22)9-8-15-6-7-16(25-15)10-17(20)19(23)21-11-13-4-2-3-5-14(13)12-21/h2-9,17H,10-12,20H2,1H3/b9-8+/t17-/m1/s1. The predicted molar refractivity (Wildman–Crippen MR) is 97.7 cm³/mol. The molecule has 1 aromatic heterocycles. The highest BCUT2D eigenvalue weighted by atomic mass is 32.1. The van der Waals surface area contributed by atoms with E-state index in [0.717, 1.165) is 9.75 Å². The number of esters is 1. The second-order valence-corrected chi connectivity index (χ2v) is 7.13. The van der Waals surface area contributed by atoms with E-state index in [1.165, 1.54) is 35.6 Å². The van der Waals surface area contributed by atoms with Crippen molar-refractivity contribution in [1.29, 1.82) is 0 Å². The molecule has 0 fully saturated rings. The molecule has 130 valence electrons. The first-order chi connectivity index (χ1) is 12.1. The van der Waals surface area contributed by atoms with Crippen molar-refractivity contribution >= 4 is 29.3 Å². The maximum absolute atomic E-state index is 12.6. The van der Waals surface area contributed by atoms with Gasteiger partial charge in [0.1, 0.15) is 0 Å². The van der Waals surface area contributed by atoms with Crippen LogP contribution in [0.15, 0.2) is 42.5 Å². The molecule has 1 aromatic carbocycles. The summed E-state index contributed by atoms with van der Waals surface area (Å²) in [4.78, 5) is 27.5. The fourth-order valence-electron chi connectivity index (χ4n) is 2.84. The van der Waals surface area contributed by atoms with Crippen molar-refractivity contribution < 1.29 is 14.3 Å². The largest absolute Gasteiger partial charge is 0.466 e. The molecule has 1 atom stereocenters. The minimum Gasteiger partial charge on any atom is -0.466 e. The first-order valence-corrected chi connectivity index (χ1v) is 8.84. The predicted octanol–water partition coefficient (Wildman–Crippen LogP) is 2.35. The molecule has 0 radical (unpaired) electrons. The maximum Gasteiger partial charge on any atom is 0.330 e. The molecule has 0 spiro atoms. The fraction of sp³-hybridized carbons (Fsp3) is 0.263. The van der Waals surface area contributed by atoms with E-state index in [0.29, 0.717) is 19.5 Å². The molecule has 3 rings (SSSR count). The Morgan fingerprint density at radius 3 is 2.56 bits per heavy atom. The molecule has 1 aliphatic heterocycles. The smallest absolute Gasteiger partial charge is 0.330 e. The quantitative estimate of drug-likeness (QED) is 0.659. The molecular formula is C19H20N2O3S. The molecule has 1 aliphatic rings. The summed E-state index contributed by atoms with van der Waals surface area (Å²) in [6, 6.07) is 11.4. The molecule has 0 unspecified atom stereocenters. The van der Waals surface area contributed by atoms with Gasteiger partial charge in [0.15, 0.2) is 0 Å². The molecule has 2 aromatic rings. The van der Waals surface area contributed by atoms with Gasteiger partial charge in [0.05, 0.1) is 13.2 Å². The number of methoxy groups -OCH3 is 1. The van der Waals surface area contributed by atoms with Crippen molar-refractivity contribution in [3.63, 3.8) is 0 Å². The summed E-state index contributed by atoms with van der Waals surface area (Å²) >= 11 is 1.52. The Kier molecular flexibility index (Phi) is 5.31. The maximum atomic E-state index is 12.6. The topological polar surface area (TPSA) is 72.6 Å². The number of hydrogen-bond donors (Lipinski definition) is 1. The van der Waals surface area contributed by atoms with Crippen molar-refractivity contribution in [1.82, 2.24) is 4.90 Å². The van der Waals surface area contributed by atoms with Crippen molar-refractivity contribution in [2.45, 2.75) is 25.6 Å². The Hall–Kier alpha value is -2.44. The molecule has 5 nitrogen and oxygen atoms in total. The first kappa shape index (κ1) is 17.4. The van der Waals surface area contributed by atoms with Crippen LogP contribution in [-0.4, -0.2) is 29.9 Å². The van der Waals surface area contributed by atoms with Crippen molar-refractivity contribution in [3.05, 3.63) is 63.4 Å². The number of fused-ring (bicyclic) bond motifs is 1. The summed E-state index contributed by atoms with van der Waals surface area (Å²) < 4.78 is 4.57. The van der Waals surface area contributed by atoms with E-state index in [2.05, 4.69) is 4.74 Å². The van der Waals surface area contributed by atoms with Crippen molar-refractivity contribution in [2.24, 2.45) is 5.73 Å². The average Bonchev–Trinajstić information content (AvgIpc) is 3.25. The molecule has 1 amide bonds. The van der Waals surface area contributed by atoms with Gasteiger partial charge >= 0.3 is 5.97 Å². The van der Waals surface area contributed by atoms with E-state index in [1.54, 1.807) is 11.0 Å². The van der Waals surface area contributed by atoms with E-state index in [4.69, 9.17) is 5.73 Å². The van der Waals surface area contributed by atoms with Gasteiger partial charge in [0, 0.05) is 35.3 Å². The second-order valence-electron chi connectivity index (χ2n) is 5.93. The Labute approximate surface area is 150 Å². The third-order valence-corrected chi connectivity index (χ3v) is 5.23. The van der Waals surface area contributed by atoms with Crippen molar-refractivity contribution in [3.8, 4) is 0 Å². The fourth-order valence-corrected chi connectivity index (χ4v) is 3.81. The summed E-state index contributed by atoms with van der Waals surface area (Å²) in [5.41, 5.74) is 8.52. The SMILES string of the molecule is COC(=O)/C=C/c1ccc(C[C@@H](N)C(=O)N2Cc3ccccc3C2)s1. The van der Waals surface area contributed by atoms with Crippen LogP contribution in [0, 0.1) is 0 Å². The zero-order valence-electron chi connectivity index (χ0n) is 14.0. The van der Waals surface area contributed by atoms with Crippen LogP contribution in [-0.2, 0) is 33.8 Å². The molecule has 0 saturated heterocycles. The zero-order chi connectivity index (χ0) is 17.8. The van der Waals surface area contributed by atoms with E-state index in [9.17, 15) is 9.59 Å². The highest BCUT2D eigenvalue weighted by Crippen LogP contribution is 2.24. The van der Waals surface area contributed by atoms with Gasteiger partial charge in [-0.15, -0.1) is 11.3 Å². The van der Waals surface area contributed by atoms with Gasteiger partial charge < -0.3 is 15.4 Å². The lowest BCUT2D eigenvalue weighted by Gasteiger charge is -2.19. The lowest BCUT2D eigenvalue weighted by atomic mass is 10.1. The number of thiophene rings is 1. The number of nitrogens with zero attached hydrogens (tertiary/aromatic N) is 1. The normalized spacial score (nSPS) is 14.6. The van der Waals surface area contributed by atoms with Gasteiger partial charge in [0.2, 0.25) is 5.91 Å². The number of hydrogen-bond acceptors (Lipinski definition) is 5. The summed E-state index contributed by atoms with van der Waals surface area (Å²) in [7, 11) is 1.34. The van der Waals surface area contributed by atoms with Gasteiger partial charge in [-0.3, -0.25) is 4.79 Å².